The van der Waals surface area contributed by atoms with Crippen molar-refractivity contribution in [2.75, 3.05) is 0 Å². The van der Waals surface area contributed by atoms with E-state index in [1.807, 2.05) is 0 Å². The van der Waals surface area contributed by atoms with Crippen molar-refractivity contribution in [2.45, 2.75) is 18.9 Å². The summed E-state index contributed by atoms with van der Waals surface area (Å²) in [5, 5.41) is 12.3. The molecule has 0 fully saturated rings. The maximum Gasteiger partial charge on any atom is 0.435 e. The molecule has 3 N–H and O–H groups in total. The molecular weight excluding hydrogens is 452 g/mol. The Kier molecular flexibility index (Phi) is 7.34. The first kappa shape index (κ1) is 24.2. The highest BCUT2D eigenvalue weighted by Crippen LogP contribution is 2.31. The monoisotopic (exact) mass is 465 g/mol. The summed E-state index contributed by atoms with van der Waals surface area (Å²) in [6.45, 7) is 0.129. The summed E-state index contributed by atoms with van der Waals surface area (Å²) in [5.41, 5.74) is 3.21. The van der Waals surface area contributed by atoms with Crippen LogP contribution in [0.5, 0.6) is 0 Å². The average Bonchev–Trinajstić information content (AvgIpc) is 3.14. The van der Waals surface area contributed by atoms with Gasteiger partial charge in [0.1, 0.15) is 0 Å². The van der Waals surface area contributed by atoms with Crippen molar-refractivity contribution in [3.63, 3.8) is 0 Å². The smallest absolute Gasteiger partial charge is 0.435 e. The summed E-state index contributed by atoms with van der Waals surface area (Å²) in [6, 6.07) is 11.4. The maximum atomic E-state index is 12.6. The number of nitrogens with two attached hydrogens (primary N) is 1. The van der Waals surface area contributed by atoms with Gasteiger partial charge in [0.2, 0.25) is 0 Å². The van der Waals surface area contributed by atoms with Crippen LogP contribution in [0.3, 0.4) is 0 Å². The highest BCUT2D eigenvalue weighted by molar-refractivity contribution is 6.32. The van der Waals surface area contributed by atoms with Gasteiger partial charge < -0.3 is 10.8 Å². The van der Waals surface area contributed by atoms with Crippen molar-refractivity contribution in [2.24, 2.45) is 5.73 Å². The molecule has 1 aromatic heterocycles. The molecule has 0 aliphatic carbocycles. The van der Waals surface area contributed by atoms with Gasteiger partial charge in [-0.15, -0.1) is 0 Å². The minimum absolute atomic E-state index is 0.0667. The van der Waals surface area contributed by atoms with Crippen molar-refractivity contribution >= 4 is 17.6 Å². The predicted molar refractivity (Wildman–Crippen MR) is 99.9 cm³/mol. The third-order valence-electron chi connectivity index (χ3n) is 3.79. The molecule has 166 valence electrons. The third-order valence-corrected chi connectivity index (χ3v) is 4.11. The normalized spacial score (nSPS) is 11.6. The number of nitrogens with zero attached hydrogens (tertiary/aromatic N) is 2. The molecule has 0 bridgehead atoms. The number of hydrogen-bond acceptors (Lipinski definition) is 3. The third kappa shape index (κ3) is 6.22. The average molecular weight is 466 g/mol. The van der Waals surface area contributed by atoms with Gasteiger partial charge in [0.05, 0.1) is 16.3 Å². The first-order valence-corrected chi connectivity index (χ1v) is 8.74. The number of para-hydroxylation sites is 1. The molecule has 0 aliphatic heterocycles. The number of carboxylic acid groups (broad SMARTS) is 1. The summed E-state index contributed by atoms with van der Waals surface area (Å²) in [7, 11) is 0. The van der Waals surface area contributed by atoms with Gasteiger partial charge in [0.15, 0.2) is 11.4 Å². The molecule has 0 saturated carbocycles. The van der Waals surface area contributed by atoms with Crippen molar-refractivity contribution in [3.8, 4) is 5.69 Å². The Bertz CT molecular complexity index is 1060. The second-order valence-corrected chi connectivity index (χ2v) is 6.39. The summed E-state index contributed by atoms with van der Waals surface area (Å²) < 4.78 is 74.5. The fourth-order valence-electron chi connectivity index (χ4n) is 2.35. The van der Waals surface area contributed by atoms with Crippen LogP contribution in [0.15, 0.2) is 54.6 Å². The second kappa shape index (κ2) is 9.40. The van der Waals surface area contributed by atoms with Crippen LogP contribution in [0.4, 0.5) is 26.3 Å². The number of alkyl halides is 6. The van der Waals surface area contributed by atoms with Crippen molar-refractivity contribution in [1.82, 2.24) is 9.78 Å². The second-order valence-electron chi connectivity index (χ2n) is 5.98. The van der Waals surface area contributed by atoms with E-state index in [2.05, 4.69) is 5.10 Å². The number of benzene rings is 2. The van der Waals surface area contributed by atoms with Crippen molar-refractivity contribution < 1.29 is 36.2 Å². The van der Waals surface area contributed by atoms with Gasteiger partial charge in [-0.3, -0.25) is 0 Å². The molecule has 0 radical (unpaired) electrons. The predicted octanol–water partition coefficient (Wildman–Crippen LogP) is 5.41. The molecule has 12 heteroatoms. The standard InChI is InChI=1S/C11H6ClF3N2O2.C8H8F3N/c12-6-3-1-2-4-7(6)17-8(10(18)19)5-9(16-17)11(13,14)15;9-8(10,11)7-3-1-2-6(4-7)5-12/h1-5H,(H,18,19);1-4H,5,12H2. The SMILES string of the molecule is NCc1cccc(C(F)(F)F)c1.O=C(O)c1cc(C(F)(F)F)nn1-c1ccccc1Cl. The molecule has 0 atom stereocenters. The summed E-state index contributed by atoms with van der Waals surface area (Å²) in [4.78, 5) is 11.0. The highest BCUT2D eigenvalue weighted by Gasteiger charge is 2.36. The Balaban J connectivity index is 0.000000245. The van der Waals surface area contributed by atoms with E-state index in [0.29, 0.717) is 16.3 Å². The highest BCUT2D eigenvalue weighted by atomic mass is 35.5. The minimum Gasteiger partial charge on any atom is -0.477 e. The first-order valence-electron chi connectivity index (χ1n) is 8.36. The zero-order valence-corrected chi connectivity index (χ0v) is 16.1. The van der Waals surface area contributed by atoms with Gasteiger partial charge in [-0.1, -0.05) is 41.9 Å². The Morgan fingerprint density at radius 1 is 1.00 bits per heavy atom. The summed E-state index contributed by atoms with van der Waals surface area (Å²) in [6.07, 6.45) is -9.00. The molecule has 31 heavy (non-hydrogen) atoms. The van der Waals surface area contributed by atoms with Crippen LogP contribution >= 0.6 is 11.6 Å². The van der Waals surface area contributed by atoms with E-state index in [4.69, 9.17) is 22.4 Å². The number of carboxylic acids is 1. The Morgan fingerprint density at radius 2 is 1.65 bits per heavy atom. The van der Waals surface area contributed by atoms with Crippen LogP contribution < -0.4 is 5.73 Å². The molecule has 0 spiro atoms. The van der Waals surface area contributed by atoms with Gasteiger partial charge >= 0.3 is 18.3 Å². The zero-order valence-electron chi connectivity index (χ0n) is 15.4. The molecule has 1 heterocycles. The number of aromatic nitrogens is 2. The van der Waals surface area contributed by atoms with Gasteiger partial charge in [0.25, 0.3) is 0 Å². The van der Waals surface area contributed by atoms with Crippen molar-refractivity contribution in [3.05, 3.63) is 82.1 Å². The van der Waals surface area contributed by atoms with E-state index in [1.165, 1.54) is 24.3 Å². The first-order chi connectivity index (χ1) is 14.3. The molecule has 3 aromatic rings. The Labute approximate surface area is 176 Å². The lowest BCUT2D eigenvalue weighted by atomic mass is 10.1. The van der Waals surface area contributed by atoms with E-state index >= 15 is 0 Å². The van der Waals surface area contributed by atoms with Crippen LogP contribution in [0, 0.1) is 0 Å². The molecule has 0 aliphatic rings. The van der Waals surface area contributed by atoms with Crippen LogP contribution in [-0.4, -0.2) is 20.9 Å². The Morgan fingerprint density at radius 3 is 2.16 bits per heavy atom. The molecule has 0 saturated heterocycles. The molecule has 3 rings (SSSR count). The Hall–Kier alpha value is -3.05. The van der Waals surface area contributed by atoms with Crippen LogP contribution in [0.2, 0.25) is 5.02 Å². The summed E-state index contributed by atoms with van der Waals surface area (Å²) in [5.74, 6) is -1.53. The van der Waals surface area contributed by atoms with Gasteiger partial charge in [-0.05, 0) is 23.8 Å². The fourth-order valence-corrected chi connectivity index (χ4v) is 2.57. The lowest BCUT2D eigenvalue weighted by molar-refractivity contribution is -0.141. The van der Waals surface area contributed by atoms with Gasteiger partial charge in [-0.25, -0.2) is 9.48 Å². The molecule has 5 nitrogen and oxygen atoms in total. The minimum atomic E-state index is -4.73. The molecule has 0 amide bonds. The van der Waals surface area contributed by atoms with Gasteiger partial charge in [0, 0.05) is 12.6 Å². The lowest BCUT2D eigenvalue weighted by Crippen LogP contribution is -2.09. The summed E-state index contributed by atoms with van der Waals surface area (Å²) >= 11 is 5.82. The van der Waals surface area contributed by atoms with E-state index < -0.39 is 35.3 Å². The van der Waals surface area contributed by atoms with E-state index in [-0.39, 0.29) is 17.3 Å². The van der Waals surface area contributed by atoms with Crippen molar-refractivity contribution in [1.29, 1.82) is 0 Å². The largest absolute Gasteiger partial charge is 0.477 e. The van der Waals surface area contributed by atoms with E-state index in [9.17, 15) is 31.1 Å². The van der Waals surface area contributed by atoms with E-state index in [1.54, 1.807) is 12.1 Å². The quantitative estimate of drug-likeness (QED) is 0.507. The number of halogens is 7. The van der Waals surface area contributed by atoms with Crippen LogP contribution in [-0.2, 0) is 18.9 Å². The molecule has 0 unspecified atom stereocenters. The molecule has 2 aromatic carbocycles. The number of carbonyl (C=O) groups is 1. The topological polar surface area (TPSA) is 81.1 Å². The number of aromatic carboxylic acids is 1. The van der Waals surface area contributed by atoms with Gasteiger partial charge in [-0.2, -0.15) is 31.4 Å². The van der Waals surface area contributed by atoms with E-state index in [0.717, 1.165) is 12.1 Å². The fraction of sp³-hybridized carbons (Fsp3) is 0.158. The maximum absolute atomic E-state index is 12.6. The number of hydrogen-bond donors (Lipinski definition) is 2. The lowest BCUT2D eigenvalue weighted by Gasteiger charge is -2.06. The van der Waals surface area contributed by atoms with Crippen LogP contribution in [0.25, 0.3) is 5.69 Å². The number of rotatable bonds is 3. The molecular formula is C19H14ClF6N3O2. The van der Waals surface area contributed by atoms with Crippen LogP contribution in [0.1, 0.15) is 27.3 Å². The zero-order chi connectivity index (χ0) is 23.4.